The monoisotopic (exact) mass is 691 g/mol. The second-order valence-corrected chi connectivity index (χ2v) is 14.0. The lowest BCUT2D eigenvalue weighted by molar-refractivity contribution is 0.0790. The van der Waals surface area contributed by atoms with E-state index in [1.54, 1.807) is 35.2 Å². The molecule has 2 heterocycles. The molecule has 1 fully saturated rings. The zero-order valence-corrected chi connectivity index (χ0v) is 27.7. The van der Waals surface area contributed by atoms with Gasteiger partial charge in [0, 0.05) is 59.2 Å². The van der Waals surface area contributed by atoms with Crippen LogP contribution in [-0.4, -0.2) is 64.7 Å². The number of fused-ring (bicyclic) bond motifs is 1. The zero-order chi connectivity index (χ0) is 34.2. The van der Waals surface area contributed by atoms with Crippen LogP contribution in [0.1, 0.15) is 38.6 Å². The molecule has 0 radical (unpaired) electrons. The van der Waals surface area contributed by atoms with Crippen molar-refractivity contribution >= 4 is 50.1 Å². The number of hydrogen-bond acceptors (Lipinski definition) is 5. The molecular weight excluding hydrogens is 660 g/mol. The lowest BCUT2D eigenvalue weighted by Gasteiger charge is -2.24. The highest BCUT2D eigenvalue weighted by molar-refractivity contribution is 7.92. The fourth-order valence-electron chi connectivity index (χ4n) is 6.25. The average Bonchev–Trinajstić information content (AvgIpc) is 3.71. The first-order valence-corrected chi connectivity index (χ1v) is 17.5. The highest BCUT2D eigenvalue weighted by atomic mass is 35.5. The third kappa shape index (κ3) is 6.52. The maximum Gasteiger partial charge on any atom is 0.255 e. The van der Waals surface area contributed by atoms with Crippen molar-refractivity contribution in [3.63, 3.8) is 0 Å². The quantitative estimate of drug-likeness (QED) is 0.175. The van der Waals surface area contributed by atoms with E-state index >= 15 is 0 Å². The number of furan rings is 1. The lowest BCUT2D eigenvalue weighted by atomic mass is 9.97. The van der Waals surface area contributed by atoms with Crippen molar-refractivity contribution in [2.45, 2.75) is 12.3 Å². The predicted octanol–water partition coefficient (Wildman–Crippen LogP) is 7.28. The van der Waals surface area contributed by atoms with Crippen molar-refractivity contribution in [2.75, 3.05) is 43.9 Å². The highest BCUT2D eigenvalue weighted by Gasteiger charge is 2.30. The number of anilines is 1. The summed E-state index contributed by atoms with van der Waals surface area (Å²) in [5, 5.41) is 3.59. The Morgan fingerprint density at radius 1 is 1.02 bits per heavy atom. The third-order valence-electron chi connectivity index (χ3n) is 8.54. The summed E-state index contributed by atoms with van der Waals surface area (Å²) in [7, 11) is -2.53. The van der Waals surface area contributed by atoms with Crippen molar-refractivity contribution in [1.29, 1.82) is 0 Å². The average molecular weight is 692 g/mol. The molecule has 6 rings (SSSR count). The highest BCUT2D eigenvalue weighted by Crippen LogP contribution is 2.42. The first-order chi connectivity index (χ1) is 23.0. The number of nitrogens with zero attached hydrogens (tertiary/aromatic N) is 2. The van der Waals surface area contributed by atoms with E-state index in [9.17, 15) is 26.8 Å². The Balaban J connectivity index is 1.48. The Labute approximate surface area is 282 Å². The van der Waals surface area contributed by atoms with Crippen LogP contribution in [0.3, 0.4) is 0 Å². The number of rotatable bonds is 9. The van der Waals surface area contributed by atoms with Gasteiger partial charge < -0.3 is 14.6 Å². The van der Waals surface area contributed by atoms with E-state index in [2.05, 4.69) is 5.32 Å². The molecule has 248 valence electrons. The second kappa shape index (κ2) is 13.4. The SMILES string of the molecule is CNC(=O)c1c(-c2ccc(F)cc2)oc2cc(N(CCF)S(C)(=O)=O)c(-c3cccc(C(=O)N4CCC(c5cccc(Cl)c5)C4)c3)cc12. The number of benzene rings is 4. The number of alkyl halides is 1. The standard InChI is InChI=1S/C36H32ClF2N3O5S/c1-40-35(43)33-30-19-29(24-6-3-7-25(17-24)36(44)41-15-13-26(21-41)23-5-4-8-27(37)18-23)31(42(16-14-38)48(2,45)46)20-32(30)47-34(33)22-9-11-28(39)12-10-22/h3-12,17-20,26H,13-16,21H2,1-2H3,(H,40,43). The summed E-state index contributed by atoms with van der Waals surface area (Å²) in [6, 6.07) is 22.8. The molecule has 0 spiro atoms. The Kier molecular flexibility index (Phi) is 9.26. The maximum atomic E-state index is 13.8. The molecule has 0 bridgehead atoms. The molecule has 1 N–H and O–H groups in total. The molecule has 48 heavy (non-hydrogen) atoms. The van der Waals surface area contributed by atoms with E-state index in [-0.39, 0.29) is 34.4 Å². The van der Waals surface area contributed by atoms with Gasteiger partial charge in [-0.3, -0.25) is 13.9 Å². The Bertz CT molecular complexity index is 2140. The molecule has 1 unspecified atom stereocenters. The van der Waals surface area contributed by atoms with Crippen LogP contribution < -0.4 is 9.62 Å². The molecule has 1 atom stereocenters. The fourth-order valence-corrected chi connectivity index (χ4v) is 7.35. The lowest BCUT2D eigenvalue weighted by Crippen LogP contribution is -2.32. The van der Waals surface area contributed by atoms with Crippen LogP contribution in [0, 0.1) is 5.82 Å². The van der Waals surface area contributed by atoms with Gasteiger partial charge in [0.15, 0.2) is 0 Å². The third-order valence-corrected chi connectivity index (χ3v) is 9.95. The molecule has 12 heteroatoms. The molecular formula is C36H32ClF2N3O5S. The fraction of sp³-hybridized carbons (Fsp3) is 0.222. The number of carbonyl (C=O) groups is 2. The number of likely N-dealkylation sites (tertiary alicyclic amines) is 1. The molecule has 1 aliphatic rings. The van der Waals surface area contributed by atoms with Gasteiger partial charge in [0.2, 0.25) is 10.0 Å². The minimum absolute atomic E-state index is 0.109. The predicted molar refractivity (Wildman–Crippen MR) is 183 cm³/mol. The topological polar surface area (TPSA) is 99.9 Å². The van der Waals surface area contributed by atoms with Gasteiger partial charge in [-0.15, -0.1) is 0 Å². The molecule has 1 saturated heterocycles. The van der Waals surface area contributed by atoms with E-state index in [4.69, 9.17) is 16.0 Å². The normalized spacial score (nSPS) is 14.8. The molecule has 0 aliphatic carbocycles. The number of nitrogens with one attached hydrogen (secondary N) is 1. The van der Waals surface area contributed by atoms with Crippen molar-refractivity contribution in [2.24, 2.45) is 0 Å². The van der Waals surface area contributed by atoms with Crippen LogP contribution in [0.15, 0.2) is 89.3 Å². The summed E-state index contributed by atoms with van der Waals surface area (Å²) in [6.45, 7) is -0.376. The number of sulfonamides is 1. The van der Waals surface area contributed by atoms with Crippen molar-refractivity contribution < 1.29 is 31.2 Å². The zero-order valence-electron chi connectivity index (χ0n) is 26.2. The Hall–Kier alpha value is -4.74. The molecule has 8 nitrogen and oxygen atoms in total. The summed E-state index contributed by atoms with van der Waals surface area (Å²) in [4.78, 5) is 28.8. The van der Waals surface area contributed by atoms with Crippen LogP contribution in [0.2, 0.25) is 5.02 Å². The summed E-state index contributed by atoms with van der Waals surface area (Å²) in [5.74, 6) is -0.868. The largest absolute Gasteiger partial charge is 0.455 e. The number of amides is 2. The first-order valence-electron chi connectivity index (χ1n) is 15.3. The van der Waals surface area contributed by atoms with Crippen LogP contribution in [0.4, 0.5) is 14.5 Å². The number of hydrogen-bond donors (Lipinski definition) is 1. The van der Waals surface area contributed by atoms with Crippen LogP contribution >= 0.6 is 11.6 Å². The van der Waals surface area contributed by atoms with E-state index in [1.807, 2.05) is 24.3 Å². The maximum absolute atomic E-state index is 13.8. The number of carbonyl (C=O) groups excluding carboxylic acids is 2. The smallest absolute Gasteiger partial charge is 0.255 e. The van der Waals surface area contributed by atoms with Crippen molar-refractivity contribution in [1.82, 2.24) is 10.2 Å². The summed E-state index contributed by atoms with van der Waals surface area (Å²) < 4.78 is 60.7. The van der Waals surface area contributed by atoms with Gasteiger partial charge in [-0.25, -0.2) is 17.2 Å². The summed E-state index contributed by atoms with van der Waals surface area (Å²) >= 11 is 6.20. The van der Waals surface area contributed by atoms with Crippen LogP contribution in [0.5, 0.6) is 0 Å². The van der Waals surface area contributed by atoms with Gasteiger partial charge in [-0.2, -0.15) is 0 Å². The molecule has 0 saturated carbocycles. The summed E-state index contributed by atoms with van der Waals surface area (Å²) in [6.07, 6.45) is 1.75. The van der Waals surface area contributed by atoms with E-state index in [1.165, 1.54) is 37.4 Å². The minimum atomic E-state index is -3.99. The van der Waals surface area contributed by atoms with Gasteiger partial charge >= 0.3 is 0 Å². The second-order valence-electron chi connectivity index (χ2n) is 11.7. The molecule has 2 amide bonds. The van der Waals surface area contributed by atoms with E-state index in [0.29, 0.717) is 45.8 Å². The molecule has 1 aliphatic heterocycles. The summed E-state index contributed by atoms with van der Waals surface area (Å²) in [5.41, 5.74) is 3.10. The first kappa shape index (κ1) is 33.2. The van der Waals surface area contributed by atoms with Gasteiger partial charge in [0.05, 0.1) is 24.1 Å². The molecule has 4 aromatic carbocycles. The van der Waals surface area contributed by atoms with Gasteiger partial charge in [-0.1, -0.05) is 35.9 Å². The molecule has 1 aromatic heterocycles. The minimum Gasteiger partial charge on any atom is -0.455 e. The van der Waals surface area contributed by atoms with Crippen LogP contribution in [-0.2, 0) is 10.0 Å². The van der Waals surface area contributed by atoms with Crippen molar-refractivity contribution in [3.05, 3.63) is 112 Å². The van der Waals surface area contributed by atoms with Gasteiger partial charge in [0.1, 0.15) is 23.8 Å². The van der Waals surface area contributed by atoms with Gasteiger partial charge in [0.25, 0.3) is 11.8 Å². The van der Waals surface area contributed by atoms with Gasteiger partial charge in [-0.05, 0) is 72.1 Å². The Morgan fingerprint density at radius 3 is 2.46 bits per heavy atom. The van der Waals surface area contributed by atoms with E-state index in [0.717, 1.165) is 22.5 Å². The number of halogens is 3. The van der Waals surface area contributed by atoms with E-state index < -0.39 is 35.0 Å². The van der Waals surface area contributed by atoms with Crippen LogP contribution in [0.25, 0.3) is 33.4 Å². The molecule has 5 aromatic rings. The Morgan fingerprint density at radius 2 is 1.77 bits per heavy atom. The van der Waals surface area contributed by atoms with Crippen molar-refractivity contribution in [3.8, 4) is 22.5 Å².